The second-order valence-electron chi connectivity index (χ2n) is 5.29. The number of benzene rings is 1. The fourth-order valence-corrected chi connectivity index (χ4v) is 2.63. The van der Waals surface area contributed by atoms with Gasteiger partial charge in [-0.05, 0) is 6.07 Å². The first kappa shape index (κ1) is 14.6. The predicted octanol–water partition coefficient (Wildman–Crippen LogP) is 2.50. The van der Waals surface area contributed by atoms with E-state index < -0.39 is 0 Å². The Bertz CT molecular complexity index is 850. The quantitative estimate of drug-likeness (QED) is 0.687. The third kappa shape index (κ3) is 2.59. The summed E-state index contributed by atoms with van der Waals surface area (Å²) in [6, 6.07) is 7.84. The van der Waals surface area contributed by atoms with Gasteiger partial charge in [-0.25, -0.2) is 9.97 Å². The summed E-state index contributed by atoms with van der Waals surface area (Å²) in [6.45, 7) is 4.82. The van der Waals surface area contributed by atoms with Crippen LogP contribution in [0.25, 0.3) is 11.2 Å². The van der Waals surface area contributed by atoms with Gasteiger partial charge in [0.25, 0.3) is 0 Å². The van der Waals surface area contributed by atoms with Gasteiger partial charge in [0.1, 0.15) is 31.6 Å². The van der Waals surface area contributed by atoms with Crippen molar-refractivity contribution in [3.63, 3.8) is 0 Å². The van der Waals surface area contributed by atoms with Crippen molar-refractivity contribution in [2.24, 2.45) is 0 Å². The Labute approximate surface area is 138 Å². The number of para-hydroxylation sites is 1. The number of imidazole rings is 1. The van der Waals surface area contributed by atoms with Crippen molar-refractivity contribution in [1.29, 1.82) is 0 Å². The zero-order valence-electron chi connectivity index (χ0n) is 13.0. The highest BCUT2D eigenvalue weighted by atomic mass is 16.6. The molecule has 0 aliphatic carbocycles. The zero-order chi connectivity index (χ0) is 16.4. The Morgan fingerprint density at radius 3 is 3.12 bits per heavy atom. The minimum Gasteiger partial charge on any atom is -0.488 e. The van der Waals surface area contributed by atoms with Crippen molar-refractivity contribution < 1.29 is 14.2 Å². The summed E-state index contributed by atoms with van der Waals surface area (Å²) < 4.78 is 19.4. The minimum absolute atomic E-state index is 0.348. The number of nitrogens with zero attached hydrogens (tertiary/aromatic N) is 4. The van der Waals surface area contributed by atoms with Crippen molar-refractivity contribution in [3.8, 4) is 11.6 Å². The highest BCUT2D eigenvalue weighted by molar-refractivity contribution is 5.76. The van der Waals surface area contributed by atoms with E-state index in [0.717, 1.165) is 11.3 Å². The molecule has 0 radical (unpaired) electrons. The van der Waals surface area contributed by atoms with Crippen molar-refractivity contribution in [1.82, 2.24) is 19.5 Å². The van der Waals surface area contributed by atoms with E-state index in [1.807, 2.05) is 28.8 Å². The molecule has 7 nitrogen and oxygen atoms in total. The van der Waals surface area contributed by atoms with Crippen molar-refractivity contribution in [3.05, 3.63) is 55.1 Å². The molecule has 7 heteroatoms. The first-order valence-corrected chi connectivity index (χ1v) is 7.60. The molecule has 122 valence electrons. The molecule has 3 heterocycles. The summed E-state index contributed by atoms with van der Waals surface area (Å²) in [5.41, 5.74) is 2.25. The molecule has 0 fully saturated rings. The number of rotatable bonds is 4. The third-order valence-corrected chi connectivity index (χ3v) is 3.77. The molecule has 3 aromatic rings. The summed E-state index contributed by atoms with van der Waals surface area (Å²) in [5, 5.41) is 0. The van der Waals surface area contributed by atoms with E-state index in [-0.39, 0.29) is 6.23 Å². The number of aromatic nitrogens is 4. The molecule has 0 amide bonds. The lowest BCUT2D eigenvalue weighted by Crippen LogP contribution is -2.18. The van der Waals surface area contributed by atoms with Crippen LogP contribution in [0.4, 0.5) is 0 Å². The lowest BCUT2D eigenvalue weighted by molar-refractivity contribution is -0.0235. The third-order valence-electron chi connectivity index (χ3n) is 3.77. The fraction of sp³-hybridized carbons (Fsp3) is 0.235. The normalized spacial score (nSPS) is 16.9. The van der Waals surface area contributed by atoms with Crippen molar-refractivity contribution in [2.75, 3.05) is 13.2 Å². The molecule has 24 heavy (non-hydrogen) atoms. The predicted molar refractivity (Wildman–Crippen MR) is 86.8 cm³/mol. The maximum atomic E-state index is 6.01. The van der Waals surface area contributed by atoms with Crippen LogP contribution >= 0.6 is 0 Å². The van der Waals surface area contributed by atoms with E-state index >= 15 is 0 Å². The van der Waals surface area contributed by atoms with E-state index in [4.69, 9.17) is 14.2 Å². The van der Waals surface area contributed by atoms with Gasteiger partial charge >= 0.3 is 0 Å². The van der Waals surface area contributed by atoms with Crippen LogP contribution in [-0.4, -0.2) is 32.7 Å². The zero-order valence-corrected chi connectivity index (χ0v) is 13.0. The van der Waals surface area contributed by atoms with Gasteiger partial charge in [0.2, 0.25) is 5.88 Å². The van der Waals surface area contributed by atoms with E-state index in [1.165, 1.54) is 6.33 Å². The smallest absolute Gasteiger partial charge is 0.243 e. The van der Waals surface area contributed by atoms with Gasteiger partial charge in [0, 0.05) is 5.56 Å². The molecule has 2 aromatic heterocycles. The Balaban J connectivity index is 1.68. The van der Waals surface area contributed by atoms with Gasteiger partial charge in [-0.2, -0.15) is 4.98 Å². The summed E-state index contributed by atoms with van der Waals surface area (Å²) in [7, 11) is 0. The van der Waals surface area contributed by atoms with Crippen LogP contribution in [0.3, 0.4) is 0 Å². The fourth-order valence-electron chi connectivity index (χ4n) is 2.63. The number of hydrogen-bond acceptors (Lipinski definition) is 6. The van der Waals surface area contributed by atoms with Crippen molar-refractivity contribution in [2.45, 2.75) is 12.8 Å². The summed E-state index contributed by atoms with van der Waals surface area (Å²) in [5.74, 6) is 1.28. The molecular formula is C17H16N4O3. The van der Waals surface area contributed by atoms with Crippen LogP contribution < -0.4 is 9.47 Å². The summed E-state index contributed by atoms with van der Waals surface area (Å²) >= 11 is 0. The van der Waals surface area contributed by atoms with Gasteiger partial charge in [0.15, 0.2) is 17.4 Å². The molecule has 0 saturated heterocycles. The van der Waals surface area contributed by atoms with Crippen molar-refractivity contribution >= 4 is 11.2 Å². The molecule has 1 aliphatic heterocycles. The minimum atomic E-state index is -0.348. The summed E-state index contributed by atoms with van der Waals surface area (Å²) in [4.78, 5) is 12.7. The molecule has 0 saturated carbocycles. The average Bonchev–Trinajstić information content (AvgIpc) is 2.94. The van der Waals surface area contributed by atoms with Crippen LogP contribution in [0.15, 0.2) is 49.6 Å². The topological polar surface area (TPSA) is 71.3 Å². The van der Waals surface area contributed by atoms with E-state index in [0.29, 0.717) is 36.9 Å². The van der Waals surface area contributed by atoms with Crippen LogP contribution in [-0.2, 0) is 11.3 Å². The molecule has 1 aromatic carbocycles. The second kappa shape index (κ2) is 6.29. The Kier molecular flexibility index (Phi) is 3.84. The Morgan fingerprint density at radius 2 is 2.21 bits per heavy atom. The standard InChI is InChI=1S/C17H16N4O3/c1-2-7-22-17-15-16(18-10-19-17)20-11-21(15)14-9-23-13-6-4-3-5-12(13)8-24-14/h2-6,10-11,14H,1,7-9H2. The molecule has 1 aliphatic rings. The van der Waals surface area contributed by atoms with Gasteiger partial charge < -0.3 is 14.2 Å². The van der Waals surface area contributed by atoms with E-state index in [1.54, 1.807) is 12.4 Å². The van der Waals surface area contributed by atoms with Gasteiger partial charge in [0.05, 0.1) is 6.61 Å². The van der Waals surface area contributed by atoms with Crippen LogP contribution in [0.1, 0.15) is 11.8 Å². The second-order valence-corrected chi connectivity index (χ2v) is 5.29. The molecule has 1 atom stereocenters. The number of ether oxygens (including phenoxy) is 3. The lowest BCUT2D eigenvalue weighted by Gasteiger charge is -2.17. The summed E-state index contributed by atoms with van der Waals surface area (Å²) in [6.07, 6.45) is 4.42. The molecule has 0 bridgehead atoms. The molecule has 1 unspecified atom stereocenters. The highest BCUT2D eigenvalue weighted by Gasteiger charge is 2.23. The van der Waals surface area contributed by atoms with Crippen LogP contribution in [0.2, 0.25) is 0 Å². The van der Waals surface area contributed by atoms with Crippen LogP contribution in [0, 0.1) is 0 Å². The largest absolute Gasteiger partial charge is 0.488 e. The Hall–Kier alpha value is -2.93. The number of hydrogen-bond donors (Lipinski definition) is 0. The van der Waals surface area contributed by atoms with Gasteiger partial charge in [-0.1, -0.05) is 30.9 Å². The maximum Gasteiger partial charge on any atom is 0.243 e. The van der Waals surface area contributed by atoms with E-state index in [9.17, 15) is 0 Å². The first-order valence-electron chi connectivity index (χ1n) is 7.60. The first-order chi connectivity index (χ1) is 11.9. The highest BCUT2D eigenvalue weighted by Crippen LogP contribution is 2.30. The average molecular weight is 324 g/mol. The van der Waals surface area contributed by atoms with E-state index in [2.05, 4.69) is 21.5 Å². The van der Waals surface area contributed by atoms with Gasteiger partial charge in [-0.3, -0.25) is 4.57 Å². The molecule has 0 spiro atoms. The SMILES string of the molecule is C=CCOc1ncnc2ncn(C3COc4ccccc4CO3)c12. The maximum absolute atomic E-state index is 6.01. The number of fused-ring (bicyclic) bond motifs is 2. The molecule has 4 rings (SSSR count). The lowest BCUT2D eigenvalue weighted by atomic mass is 10.2. The monoisotopic (exact) mass is 324 g/mol. The van der Waals surface area contributed by atoms with Crippen LogP contribution in [0.5, 0.6) is 11.6 Å². The molecule has 0 N–H and O–H groups in total. The molecular weight excluding hydrogens is 308 g/mol. The van der Waals surface area contributed by atoms with Gasteiger partial charge in [-0.15, -0.1) is 0 Å². The Morgan fingerprint density at radius 1 is 1.29 bits per heavy atom.